The van der Waals surface area contributed by atoms with Crippen LogP contribution in [0.15, 0.2) is 19.9 Å². The van der Waals surface area contributed by atoms with E-state index in [1.165, 1.54) is 6.26 Å². The highest BCUT2D eigenvalue weighted by Gasteiger charge is 2.06. The monoisotopic (exact) mass is 242 g/mol. The zero-order valence-corrected chi connectivity index (χ0v) is 7.63. The first-order chi connectivity index (χ1) is 4.63. The van der Waals surface area contributed by atoms with Crippen LogP contribution in [-0.4, -0.2) is 0 Å². The molecule has 10 heavy (non-hydrogen) atoms. The summed E-state index contributed by atoms with van der Waals surface area (Å²) >= 11 is 14.0. The van der Waals surface area contributed by atoms with Crippen LogP contribution in [-0.2, 0) is 0 Å². The Morgan fingerprint density at radius 1 is 1.40 bits per heavy atom. The molecule has 0 aliphatic carbocycles. The van der Waals surface area contributed by atoms with Crippen molar-refractivity contribution >= 4 is 39.1 Å². The summed E-state index contributed by atoms with van der Waals surface area (Å²) in [7, 11) is 0. The Morgan fingerprint density at radius 3 is 2.50 bits per heavy atom. The second-order valence-corrected chi connectivity index (χ2v) is 3.11. The fourth-order valence-corrected chi connectivity index (χ4v) is 1.08. The van der Waals surface area contributed by atoms with Crippen molar-refractivity contribution in [3.63, 3.8) is 0 Å². The molecule has 0 saturated carbocycles. The summed E-state index contributed by atoms with van der Waals surface area (Å²) in [5.74, 6) is 0. The molecule has 1 rings (SSSR count). The molecular weight excluding hydrogens is 243 g/mol. The Labute approximate surface area is 74.9 Å². The lowest BCUT2D eigenvalue weighted by molar-refractivity contribution is 0.508. The molecule has 0 aliphatic rings. The molecule has 0 radical (unpaired) electrons. The Hall–Kier alpha value is 0.01000. The van der Waals surface area contributed by atoms with E-state index in [0.29, 0.717) is 4.47 Å². The minimum Gasteiger partial charge on any atom is -0.429 e. The number of rotatable bonds is 0. The summed E-state index contributed by atoms with van der Waals surface area (Å²) in [6.45, 7) is 0. The minimum absolute atomic E-state index is 0.101. The maximum absolute atomic E-state index is 10.6. The molecule has 0 unspecified atom stereocenters. The normalized spacial score (nSPS) is 9.90. The van der Waals surface area contributed by atoms with Crippen LogP contribution in [0.3, 0.4) is 0 Å². The van der Waals surface area contributed by atoms with E-state index in [0.717, 1.165) is 0 Å². The van der Waals surface area contributed by atoms with Crippen molar-refractivity contribution in [2.24, 2.45) is 0 Å². The van der Waals surface area contributed by atoms with Gasteiger partial charge in [-0.3, -0.25) is 0 Å². The largest absolute Gasteiger partial charge is 0.429 e. The molecule has 0 bridgehead atoms. The molecule has 0 atom stereocenters. The SMILES string of the molecule is O=c1occ(Br)c(Cl)c1Cl. The zero-order chi connectivity index (χ0) is 7.72. The van der Waals surface area contributed by atoms with Crippen LogP contribution in [0.4, 0.5) is 0 Å². The third-order valence-corrected chi connectivity index (χ3v) is 2.50. The molecule has 0 saturated heterocycles. The van der Waals surface area contributed by atoms with E-state index in [2.05, 4.69) is 20.3 Å². The third kappa shape index (κ3) is 1.36. The molecule has 0 aromatic carbocycles. The molecule has 54 valence electrons. The Kier molecular flexibility index (Phi) is 2.39. The smallest absolute Gasteiger partial charge is 0.356 e. The Morgan fingerprint density at radius 2 is 2.00 bits per heavy atom. The molecule has 1 aromatic heterocycles. The van der Waals surface area contributed by atoms with Crippen LogP contribution < -0.4 is 5.63 Å². The lowest BCUT2D eigenvalue weighted by atomic mass is 10.5. The lowest BCUT2D eigenvalue weighted by Gasteiger charge is -1.93. The van der Waals surface area contributed by atoms with Gasteiger partial charge in [-0.2, -0.15) is 0 Å². The second kappa shape index (κ2) is 2.95. The summed E-state index contributed by atoms with van der Waals surface area (Å²) in [6.07, 6.45) is 1.19. The van der Waals surface area contributed by atoms with E-state index in [4.69, 9.17) is 23.2 Å². The zero-order valence-electron chi connectivity index (χ0n) is 4.53. The molecule has 1 aromatic rings. The van der Waals surface area contributed by atoms with Gasteiger partial charge in [0.05, 0.1) is 9.50 Å². The fraction of sp³-hybridized carbons (Fsp3) is 0. The van der Waals surface area contributed by atoms with Crippen LogP contribution in [0, 0.1) is 0 Å². The predicted octanol–water partition coefficient (Wildman–Crippen LogP) is 2.71. The highest BCUT2D eigenvalue weighted by atomic mass is 79.9. The van der Waals surface area contributed by atoms with E-state index < -0.39 is 5.63 Å². The highest BCUT2D eigenvalue weighted by Crippen LogP contribution is 2.26. The Balaban J connectivity index is 3.49. The van der Waals surface area contributed by atoms with Crippen LogP contribution in [0.2, 0.25) is 10.0 Å². The van der Waals surface area contributed by atoms with Crippen LogP contribution in [0.5, 0.6) is 0 Å². The molecule has 0 amide bonds. The molecule has 5 heteroatoms. The predicted molar refractivity (Wildman–Crippen MR) is 42.7 cm³/mol. The van der Waals surface area contributed by atoms with Gasteiger partial charge in [0.2, 0.25) is 0 Å². The molecule has 0 aliphatic heterocycles. The number of hydrogen-bond donors (Lipinski definition) is 0. The van der Waals surface area contributed by atoms with Gasteiger partial charge >= 0.3 is 5.63 Å². The van der Waals surface area contributed by atoms with Crippen molar-refractivity contribution < 1.29 is 4.42 Å². The molecule has 0 spiro atoms. The standard InChI is InChI=1S/C5HBrCl2O2/c6-2-1-10-5(9)4(8)3(2)7/h1H. The third-order valence-electron chi connectivity index (χ3n) is 0.851. The van der Waals surface area contributed by atoms with Gasteiger partial charge in [0.15, 0.2) is 0 Å². The second-order valence-electron chi connectivity index (χ2n) is 1.50. The van der Waals surface area contributed by atoms with Crippen molar-refractivity contribution in [3.8, 4) is 0 Å². The van der Waals surface area contributed by atoms with E-state index in [1.807, 2.05) is 0 Å². The van der Waals surface area contributed by atoms with Gasteiger partial charge in [-0.05, 0) is 15.9 Å². The maximum atomic E-state index is 10.6. The van der Waals surface area contributed by atoms with E-state index in [1.54, 1.807) is 0 Å². The van der Waals surface area contributed by atoms with E-state index in [-0.39, 0.29) is 10.0 Å². The number of halogens is 3. The Bertz CT molecular complexity index is 307. The van der Waals surface area contributed by atoms with Crippen molar-refractivity contribution in [1.82, 2.24) is 0 Å². The van der Waals surface area contributed by atoms with Crippen molar-refractivity contribution in [3.05, 3.63) is 31.2 Å². The first kappa shape index (κ1) is 8.11. The average molecular weight is 244 g/mol. The summed E-state index contributed by atoms with van der Waals surface area (Å²) in [6, 6.07) is 0. The van der Waals surface area contributed by atoms with Crippen molar-refractivity contribution in [1.29, 1.82) is 0 Å². The molecular formula is C5HBrCl2O2. The molecule has 0 fully saturated rings. The summed E-state index contributed by atoms with van der Waals surface area (Å²) in [5.41, 5.74) is -0.630. The van der Waals surface area contributed by atoms with Gasteiger partial charge in [-0.1, -0.05) is 23.2 Å². The lowest BCUT2D eigenvalue weighted by Crippen LogP contribution is -1.98. The van der Waals surface area contributed by atoms with E-state index in [9.17, 15) is 4.79 Å². The van der Waals surface area contributed by atoms with Crippen LogP contribution >= 0.6 is 39.1 Å². The number of hydrogen-bond acceptors (Lipinski definition) is 2. The van der Waals surface area contributed by atoms with Gasteiger partial charge in [0.1, 0.15) is 11.3 Å². The molecule has 2 nitrogen and oxygen atoms in total. The molecule has 0 N–H and O–H groups in total. The summed E-state index contributed by atoms with van der Waals surface area (Å²) in [4.78, 5) is 10.6. The quantitative estimate of drug-likeness (QED) is 0.702. The van der Waals surface area contributed by atoms with Crippen LogP contribution in [0.25, 0.3) is 0 Å². The van der Waals surface area contributed by atoms with Gasteiger partial charge in [0.25, 0.3) is 0 Å². The van der Waals surface area contributed by atoms with Gasteiger partial charge < -0.3 is 4.42 Å². The minimum atomic E-state index is -0.630. The highest BCUT2D eigenvalue weighted by molar-refractivity contribution is 9.10. The van der Waals surface area contributed by atoms with Gasteiger partial charge in [-0.15, -0.1) is 0 Å². The topological polar surface area (TPSA) is 30.2 Å². The summed E-state index contributed by atoms with van der Waals surface area (Å²) < 4.78 is 4.92. The average Bonchev–Trinajstić information content (AvgIpc) is 1.93. The van der Waals surface area contributed by atoms with E-state index >= 15 is 0 Å². The van der Waals surface area contributed by atoms with Gasteiger partial charge in [-0.25, -0.2) is 4.79 Å². The van der Waals surface area contributed by atoms with Crippen LogP contribution in [0.1, 0.15) is 0 Å². The fourth-order valence-electron chi connectivity index (χ4n) is 0.403. The van der Waals surface area contributed by atoms with Gasteiger partial charge in [0, 0.05) is 0 Å². The summed E-state index contributed by atoms with van der Waals surface area (Å²) in [5, 5.41) is 0.0777. The maximum Gasteiger partial charge on any atom is 0.356 e. The first-order valence-corrected chi connectivity index (χ1v) is 3.80. The first-order valence-electron chi connectivity index (χ1n) is 2.25. The van der Waals surface area contributed by atoms with Crippen molar-refractivity contribution in [2.45, 2.75) is 0 Å². The molecule has 1 heterocycles. The van der Waals surface area contributed by atoms with Crippen molar-refractivity contribution in [2.75, 3.05) is 0 Å².